The molecule has 5 rings (SSSR count). The van der Waals surface area contributed by atoms with Gasteiger partial charge in [0.25, 0.3) is 0 Å². The van der Waals surface area contributed by atoms with E-state index in [1.807, 2.05) is 0 Å². The van der Waals surface area contributed by atoms with Gasteiger partial charge in [0.1, 0.15) is 12.4 Å². The molecule has 0 aromatic rings. The molecular weight excluding hydrogens is 458 g/mol. The fourth-order valence-electron chi connectivity index (χ4n) is 9.61. The number of aliphatic hydroxyl groups excluding tert-OH is 1. The summed E-state index contributed by atoms with van der Waals surface area (Å²) >= 11 is 0. The third-order valence-electron chi connectivity index (χ3n) is 11.1. The van der Waals surface area contributed by atoms with Gasteiger partial charge >= 0.3 is 5.97 Å². The van der Waals surface area contributed by atoms with Gasteiger partial charge in [-0.1, -0.05) is 13.8 Å². The summed E-state index contributed by atoms with van der Waals surface area (Å²) in [5.74, 6) is 0.627. The Morgan fingerprint density at radius 3 is 2.56 bits per heavy atom. The van der Waals surface area contributed by atoms with E-state index in [2.05, 4.69) is 32.6 Å². The molecule has 7 heteroatoms. The third-order valence-corrected chi connectivity index (χ3v) is 11.1. The van der Waals surface area contributed by atoms with Gasteiger partial charge in [0.2, 0.25) is 0 Å². The average molecular weight is 504 g/mol. The molecule has 36 heavy (non-hydrogen) atoms. The van der Waals surface area contributed by atoms with E-state index in [-0.39, 0.29) is 52.8 Å². The summed E-state index contributed by atoms with van der Waals surface area (Å²) in [4.78, 5) is 40.8. The van der Waals surface area contributed by atoms with Crippen molar-refractivity contribution < 1.29 is 29.0 Å². The number of nitrogens with zero attached hydrogens (tertiary/aromatic N) is 1. The van der Waals surface area contributed by atoms with Crippen LogP contribution in [0.15, 0.2) is 0 Å². The van der Waals surface area contributed by atoms with Gasteiger partial charge in [0, 0.05) is 44.3 Å². The Kier molecular flexibility index (Phi) is 6.69. The molecule has 7 nitrogen and oxygen atoms in total. The van der Waals surface area contributed by atoms with Crippen molar-refractivity contribution in [2.75, 3.05) is 26.3 Å². The van der Waals surface area contributed by atoms with Crippen molar-refractivity contribution in [3.8, 4) is 0 Å². The lowest BCUT2D eigenvalue weighted by Gasteiger charge is -2.62. The van der Waals surface area contributed by atoms with Crippen LogP contribution >= 0.6 is 0 Å². The quantitative estimate of drug-likeness (QED) is 0.588. The molecule has 3 unspecified atom stereocenters. The molecule has 5 aliphatic rings. The Labute approximate surface area is 215 Å². The molecule has 202 valence electrons. The zero-order valence-electron chi connectivity index (χ0n) is 22.8. The van der Waals surface area contributed by atoms with Crippen LogP contribution in [-0.4, -0.2) is 71.6 Å². The second-order valence-corrected chi connectivity index (χ2v) is 13.7. The van der Waals surface area contributed by atoms with E-state index in [0.29, 0.717) is 36.6 Å². The molecule has 0 aromatic carbocycles. The topological polar surface area (TPSA) is 93.1 Å². The minimum atomic E-state index is -0.438. The van der Waals surface area contributed by atoms with Gasteiger partial charge in [-0.25, -0.2) is 0 Å². The van der Waals surface area contributed by atoms with Crippen LogP contribution in [-0.2, 0) is 23.9 Å². The van der Waals surface area contributed by atoms with E-state index in [9.17, 15) is 19.5 Å². The summed E-state index contributed by atoms with van der Waals surface area (Å²) in [5.41, 5.74) is -0.710. The van der Waals surface area contributed by atoms with Crippen LogP contribution in [0.25, 0.3) is 0 Å². The first kappa shape index (κ1) is 26.3. The van der Waals surface area contributed by atoms with Crippen molar-refractivity contribution in [3.63, 3.8) is 0 Å². The summed E-state index contributed by atoms with van der Waals surface area (Å²) in [5, 5.41) is 11.2. The fourth-order valence-corrected chi connectivity index (χ4v) is 9.61. The van der Waals surface area contributed by atoms with Crippen molar-refractivity contribution >= 4 is 17.5 Å². The van der Waals surface area contributed by atoms with Gasteiger partial charge in [-0.05, 0) is 81.0 Å². The SMILES string of the molecule is CC(=O)OCC(=O)[C@H]1CC[C@H]2[C@@H]3CCC4CC(O)C(N5CCOC(C)(C)C5)C[C@]4(C)[C@H]3C(=O)C[C@]12C. The Morgan fingerprint density at radius 1 is 1.11 bits per heavy atom. The molecule has 0 aromatic heterocycles. The van der Waals surface area contributed by atoms with Crippen LogP contribution < -0.4 is 0 Å². The molecule has 0 radical (unpaired) electrons. The highest BCUT2D eigenvalue weighted by Crippen LogP contribution is 2.66. The number of carbonyl (C=O) groups is 3. The van der Waals surface area contributed by atoms with Crippen molar-refractivity contribution in [1.29, 1.82) is 0 Å². The maximum absolute atomic E-state index is 14.0. The number of esters is 1. The molecule has 0 spiro atoms. The van der Waals surface area contributed by atoms with Gasteiger partial charge in [-0.3, -0.25) is 19.3 Å². The monoisotopic (exact) mass is 503 g/mol. The lowest BCUT2D eigenvalue weighted by atomic mass is 9.43. The number of rotatable bonds is 4. The number of fused-ring (bicyclic) bond motifs is 5. The van der Waals surface area contributed by atoms with Crippen LogP contribution in [0.4, 0.5) is 0 Å². The molecule has 1 aliphatic heterocycles. The highest BCUT2D eigenvalue weighted by Gasteiger charge is 2.65. The molecule has 4 aliphatic carbocycles. The second kappa shape index (κ2) is 9.16. The summed E-state index contributed by atoms with van der Waals surface area (Å²) in [7, 11) is 0. The smallest absolute Gasteiger partial charge is 0.303 e. The van der Waals surface area contributed by atoms with Crippen LogP contribution in [0, 0.1) is 40.4 Å². The molecule has 0 bridgehead atoms. The number of ether oxygens (including phenoxy) is 2. The van der Waals surface area contributed by atoms with Gasteiger partial charge in [-0.2, -0.15) is 0 Å². The predicted octanol–water partition coefficient (Wildman–Crippen LogP) is 3.41. The third kappa shape index (κ3) is 4.27. The van der Waals surface area contributed by atoms with Crippen LogP contribution in [0.1, 0.15) is 79.6 Å². The summed E-state index contributed by atoms with van der Waals surface area (Å²) in [6.07, 6.45) is 5.48. The fraction of sp³-hybridized carbons (Fsp3) is 0.897. The number of ketones is 2. The Balaban J connectivity index is 1.38. The highest BCUT2D eigenvalue weighted by atomic mass is 16.5. The standard InChI is InChI=1S/C29H45NO6/c1-17(31)35-15-25(34)21-9-8-20-19-7-6-18-12-23(32)22(30-10-11-36-27(2,3)16-30)13-28(18,4)26(19)24(33)14-29(20,21)5/h18-23,26,32H,6-16H2,1-5H3/t18?,19-,20-,21+,22?,23?,26+,28-,29-/m0/s1. The molecular formula is C29H45NO6. The van der Waals surface area contributed by atoms with Crippen molar-refractivity contribution in [3.05, 3.63) is 0 Å². The van der Waals surface area contributed by atoms with Gasteiger partial charge in [-0.15, -0.1) is 0 Å². The lowest BCUT2D eigenvalue weighted by Crippen LogP contribution is -2.64. The Hall–Kier alpha value is -1.31. The molecule has 1 N–H and O–H groups in total. The summed E-state index contributed by atoms with van der Waals surface area (Å²) in [6, 6.07) is 0.0518. The van der Waals surface area contributed by atoms with E-state index in [1.165, 1.54) is 6.92 Å². The maximum Gasteiger partial charge on any atom is 0.303 e. The molecule has 1 heterocycles. The summed E-state index contributed by atoms with van der Waals surface area (Å²) < 4.78 is 11.0. The lowest BCUT2D eigenvalue weighted by molar-refractivity contribution is -0.177. The normalized spacial score (nSPS) is 46.4. The Bertz CT molecular complexity index is 917. The van der Waals surface area contributed by atoms with Crippen LogP contribution in [0.2, 0.25) is 0 Å². The number of aliphatic hydroxyl groups is 1. The number of carbonyl (C=O) groups excluding carboxylic acids is 3. The minimum absolute atomic E-state index is 0.000646. The number of morpholine rings is 1. The predicted molar refractivity (Wildman–Crippen MR) is 134 cm³/mol. The zero-order valence-corrected chi connectivity index (χ0v) is 22.8. The van der Waals surface area contributed by atoms with Gasteiger partial charge in [0.05, 0.1) is 18.3 Å². The largest absolute Gasteiger partial charge is 0.458 e. The zero-order chi connectivity index (χ0) is 26.0. The molecule has 0 amide bonds. The average Bonchev–Trinajstić information content (AvgIpc) is 3.13. The molecule has 1 saturated heterocycles. The molecule has 9 atom stereocenters. The van der Waals surface area contributed by atoms with Gasteiger partial charge < -0.3 is 14.6 Å². The van der Waals surface area contributed by atoms with E-state index in [1.54, 1.807) is 0 Å². The number of hydrogen-bond acceptors (Lipinski definition) is 7. The van der Waals surface area contributed by atoms with E-state index in [4.69, 9.17) is 9.47 Å². The van der Waals surface area contributed by atoms with Crippen molar-refractivity contribution in [2.45, 2.75) is 97.3 Å². The first-order chi connectivity index (χ1) is 16.9. The first-order valence-electron chi connectivity index (χ1n) is 14.1. The summed E-state index contributed by atoms with van der Waals surface area (Å²) in [6.45, 7) is 12.1. The molecule has 5 fully saturated rings. The molecule has 4 saturated carbocycles. The van der Waals surface area contributed by atoms with Crippen molar-refractivity contribution in [1.82, 2.24) is 4.90 Å². The van der Waals surface area contributed by atoms with Crippen LogP contribution in [0.3, 0.4) is 0 Å². The van der Waals surface area contributed by atoms with Gasteiger partial charge in [0.15, 0.2) is 5.78 Å². The number of Topliss-reactive ketones (excluding diaryl/α,β-unsaturated/α-hetero) is 2. The highest BCUT2D eigenvalue weighted by molar-refractivity contribution is 5.89. The van der Waals surface area contributed by atoms with Crippen LogP contribution in [0.5, 0.6) is 0 Å². The van der Waals surface area contributed by atoms with E-state index < -0.39 is 5.97 Å². The second-order valence-electron chi connectivity index (χ2n) is 13.7. The Morgan fingerprint density at radius 2 is 1.86 bits per heavy atom. The maximum atomic E-state index is 14.0. The van der Waals surface area contributed by atoms with Crippen molar-refractivity contribution in [2.24, 2.45) is 40.4 Å². The minimum Gasteiger partial charge on any atom is -0.458 e. The first-order valence-corrected chi connectivity index (χ1v) is 14.1. The van der Waals surface area contributed by atoms with E-state index >= 15 is 0 Å². The van der Waals surface area contributed by atoms with E-state index in [0.717, 1.165) is 51.6 Å². The number of hydrogen-bond donors (Lipinski definition) is 1.